The van der Waals surface area contributed by atoms with Gasteiger partial charge in [-0.15, -0.1) is 0 Å². The molecule has 7 heteroatoms. The largest absolute Gasteiger partial charge is 0.379 e. The third-order valence-corrected chi connectivity index (χ3v) is 4.76. The van der Waals surface area contributed by atoms with Crippen molar-refractivity contribution in [1.29, 1.82) is 0 Å². The molecule has 0 aliphatic carbocycles. The number of hydrogen-bond donors (Lipinski definition) is 0. The second kappa shape index (κ2) is 7.23. The van der Waals surface area contributed by atoms with Gasteiger partial charge in [-0.3, -0.25) is 14.5 Å². The smallest absolute Gasteiger partial charge is 0.230 e. The number of ether oxygens (including phenoxy) is 1. The number of hydrogen-bond acceptors (Lipinski definition) is 5. The zero-order valence-electron chi connectivity index (χ0n) is 13.6. The van der Waals surface area contributed by atoms with Gasteiger partial charge in [-0.1, -0.05) is 0 Å². The Morgan fingerprint density at radius 2 is 1.91 bits per heavy atom. The van der Waals surface area contributed by atoms with Crippen molar-refractivity contribution in [2.24, 2.45) is 7.05 Å². The fourth-order valence-electron chi connectivity index (χ4n) is 3.39. The van der Waals surface area contributed by atoms with Gasteiger partial charge in [0.15, 0.2) is 5.82 Å². The van der Waals surface area contributed by atoms with Crippen LogP contribution in [0.25, 0.3) is 0 Å². The molecule has 1 amide bonds. The van der Waals surface area contributed by atoms with Crippen LogP contribution in [0.1, 0.15) is 29.9 Å². The highest BCUT2D eigenvalue weighted by Gasteiger charge is 2.29. The summed E-state index contributed by atoms with van der Waals surface area (Å²) in [6, 6.07) is 0.535. The molecule has 0 aromatic carbocycles. The van der Waals surface area contributed by atoms with Crippen LogP contribution in [-0.2, 0) is 16.6 Å². The zero-order valence-corrected chi connectivity index (χ0v) is 13.6. The Morgan fingerprint density at radius 1 is 1.22 bits per heavy atom. The van der Waals surface area contributed by atoms with Gasteiger partial charge >= 0.3 is 0 Å². The highest BCUT2D eigenvalue weighted by atomic mass is 16.5. The van der Waals surface area contributed by atoms with E-state index in [1.165, 1.54) is 0 Å². The Kier molecular flexibility index (Phi) is 5.07. The van der Waals surface area contributed by atoms with Crippen LogP contribution in [-0.4, -0.2) is 76.5 Å². The molecule has 2 fully saturated rings. The molecule has 7 nitrogen and oxygen atoms in total. The quantitative estimate of drug-likeness (QED) is 0.590. The minimum Gasteiger partial charge on any atom is -0.379 e. The Bertz CT molecular complexity index is 557. The maximum Gasteiger partial charge on any atom is 0.230 e. The lowest BCUT2D eigenvalue weighted by molar-refractivity contribution is -0.132. The number of rotatable bonds is 4. The fraction of sp³-hybridized carbons (Fsp3) is 0.688. The SMILES string of the molecule is Cn1ccnc1C(=O)CC(=O)N1CCC(N2CCOCC2)CC1. The number of Topliss-reactive ketones (excluding diaryl/α,β-unsaturated/α-hetero) is 1. The average molecular weight is 320 g/mol. The number of aromatic nitrogens is 2. The van der Waals surface area contributed by atoms with Gasteiger partial charge in [0.05, 0.1) is 19.6 Å². The lowest BCUT2D eigenvalue weighted by atomic mass is 10.0. The number of carbonyl (C=O) groups is 2. The first kappa shape index (κ1) is 16.1. The molecule has 2 aliphatic rings. The number of piperidine rings is 1. The van der Waals surface area contributed by atoms with Crippen molar-refractivity contribution in [2.75, 3.05) is 39.4 Å². The number of likely N-dealkylation sites (tertiary alicyclic amines) is 1. The second-order valence-corrected chi connectivity index (χ2v) is 6.22. The number of amides is 1. The van der Waals surface area contributed by atoms with Crippen molar-refractivity contribution in [3.8, 4) is 0 Å². The number of imidazole rings is 1. The minimum absolute atomic E-state index is 0.0848. The number of carbonyl (C=O) groups excluding carboxylic acids is 2. The fourth-order valence-corrected chi connectivity index (χ4v) is 3.39. The molecule has 23 heavy (non-hydrogen) atoms. The summed E-state index contributed by atoms with van der Waals surface area (Å²) < 4.78 is 7.04. The maximum atomic E-state index is 12.3. The van der Waals surface area contributed by atoms with Crippen LogP contribution in [0.2, 0.25) is 0 Å². The summed E-state index contributed by atoms with van der Waals surface area (Å²) in [5, 5.41) is 0. The maximum absolute atomic E-state index is 12.3. The highest BCUT2D eigenvalue weighted by molar-refractivity contribution is 6.05. The summed E-state index contributed by atoms with van der Waals surface area (Å²) in [6.07, 6.45) is 5.15. The molecule has 1 aromatic heterocycles. The number of morpholine rings is 1. The second-order valence-electron chi connectivity index (χ2n) is 6.22. The third kappa shape index (κ3) is 3.79. The average Bonchev–Trinajstić information content (AvgIpc) is 3.02. The standard InChI is InChI=1S/C16H24N4O3/c1-18-7-4-17-16(18)14(21)12-15(22)20-5-2-13(3-6-20)19-8-10-23-11-9-19/h4,7,13H,2-3,5-6,8-12H2,1H3. The lowest BCUT2D eigenvalue weighted by Gasteiger charge is -2.40. The van der Waals surface area contributed by atoms with Gasteiger partial charge in [0.1, 0.15) is 0 Å². The van der Waals surface area contributed by atoms with E-state index in [0.717, 1.165) is 52.2 Å². The molecule has 0 atom stereocenters. The topological polar surface area (TPSA) is 67.7 Å². The molecule has 0 unspecified atom stereocenters. The van der Waals surface area contributed by atoms with Crippen molar-refractivity contribution < 1.29 is 14.3 Å². The van der Waals surface area contributed by atoms with Crippen LogP contribution in [0.3, 0.4) is 0 Å². The van der Waals surface area contributed by atoms with E-state index < -0.39 is 0 Å². The molecular weight excluding hydrogens is 296 g/mol. The molecule has 0 radical (unpaired) electrons. The van der Waals surface area contributed by atoms with Crippen LogP contribution in [0, 0.1) is 0 Å². The van der Waals surface area contributed by atoms with Crippen molar-refractivity contribution in [3.05, 3.63) is 18.2 Å². The molecule has 2 saturated heterocycles. The summed E-state index contributed by atoms with van der Waals surface area (Å²) in [7, 11) is 1.76. The van der Waals surface area contributed by atoms with Gasteiger partial charge in [0.2, 0.25) is 11.7 Å². The molecule has 0 saturated carbocycles. The summed E-state index contributed by atoms with van der Waals surface area (Å²) >= 11 is 0. The van der Waals surface area contributed by atoms with Crippen LogP contribution < -0.4 is 0 Å². The normalized spacial score (nSPS) is 20.7. The summed E-state index contributed by atoms with van der Waals surface area (Å²) in [4.78, 5) is 32.8. The highest BCUT2D eigenvalue weighted by Crippen LogP contribution is 2.18. The Morgan fingerprint density at radius 3 is 2.52 bits per heavy atom. The van der Waals surface area contributed by atoms with Gasteiger partial charge in [0, 0.05) is 51.7 Å². The summed E-state index contributed by atoms with van der Waals surface area (Å²) in [6.45, 7) is 5.03. The van der Waals surface area contributed by atoms with Crippen LogP contribution >= 0.6 is 0 Å². The molecule has 1 aromatic rings. The molecule has 0 N–H and O–H groups in total. The van der Waals surface area contributed by atoms with E-state index in [9.17, 15) is 9.59 Å². The van der Waals surface area contributed by atoms with Crippen molar-refractivity contribution in [3.63, 3.8) is 0 Å². The summed E-state index contributed by atoms with van der Waals surface area (Å²) in [5.41, 5.74) is 0. The van der Waals surface area contributed by atoms with Gasteiger partial charge in [-0.05, 0) is 12.8 Å². The predicted molar refractivity (Wildman–Crippen MR) is 84.1 cm³/mol. The van der Waals surface area contributed by atoms with Gasteiger partial charge in [0.25, 0.3) is 0 Å². The number of ketones is 1. The molecule has 0 spiro atoms. The van der Waals surface area contributed by atoms with Gasteiger partial charge in [-0.25, -0.2) is 4.98 Å². The number of aryl methyl sites for hydroxylation is 1. The van der Waals surface area contributed by atoms with Crippen molar-refractivity contribution >= 4 is 11.7 Å². The van der Waals surface area contributed by atoms with Crippen LogP contribution in [0.5, 0.6) is 0 Å². The van der Waals surface area contributed by atoms with Crippen LogP contribution in [0.15, 0.2) is 12.4 Å². The molecule has 0 bridgehead atoms. The van der Waals surface area contributed by atoms with E-state index in [1.807, 2.05) is 4.90 Å². The zero-order chi connectivity index (χ0) is 16.2. The molecule has 126 valence electrons. The van der Waals surface area contributed by atoms with E-state index in [0.29, 0.717) is 11.9 Å². The van der Waals surface area contributed by atoms with Crippen LogP contribution in [0.4, 0.5) is 0 Å². The third-order valence-electron chi connectivity index (χ3n) is 4.76. The molecule has 3 rings (SSSR count). The molecule has 3 heterocycles. The van der Waals surface area contributed by atoms with Crippen molar-refractivity contribution in [2.45, 2.75) is 25.3 Å². The monoisotopic (exact) mass is 320 g/mol. The molecule has 2 aliphatic heterocycles. The Labute approximate surface area is 136 Å². The summed E-state index contributed by atoms with van der Waals surface area (Å²) in [5.74, 6) is 0.0535. The van der Waals surface area contributed by atoms with E-state index in [4.69, 9.17) is 4.74 Å². The molecular formula is C16H24N4O3. The minimum atomic E-state index is -0.210. The number of nitrogens with zero attached hydrogens (tertiary/aromatic N) is 4. The van der Waals surface area contributed by atoms with E-state index in [2.05, 4.69) is 9.88 Å². The van der Waals surface area contributed by atoms with E-state index in [-0.39, 0.29) is 18.1 Å². The predicted octanol–water partition coefficient (Wildman–Crippen LogP) is 0.316. The Hall–Kier alpha value is -1.73. The van der Waals surface area contributed by atoms with Gasteiger partial charge in [-0.2, -0.15) is 0 Å². The van der Waals surface area contributed by atoms with Gasteiger partial charge < -0.3 is 14.2 Å². The Balaban J connectivity index is 1.48. The van der Waals surface area contributed by atoms with E-state index in [1.54, 1.807) is 24.0 Å². The van der Waals surface area contributed by atoms with Crippen molar-refractivity contribution in [1.82, 2.24) is 19.4 Å². The first-order valence-electron chi connectivity index (χ1n) is 8.25. The van der Waals surface area contributed by atoms with E-state index >= 15 is 0 Å². The lowest BCUT2D eigenvalue weighted by Crippen LogP contribution is -2.50. The first-order valence-corrected chi connectivity index (χ1v) is 8.25. The first-order chi connectivity index (χ1) is 11.1.